The van der Waals surface area contributed by atoms with Crippen LogP contribution < -0.4 is 19.7 Å². The summed E-state index contributed by atoms with van der Waals surface area (Å²) in [6.07, 6.45) is 0.163. The third-order valence-electron chi connectivity index (χ3n) is 5.01. The van der Waals surface area contributed by atoms with Gasteiger partial charge >= 0.3 is 0 Å². The molecule has 0 bridgehead atoms. The number of nitrogens with zero attached hydrogens (tertiary/aromatic N) is 1. The summed E-state index contributed by atoms with van der Waals surface area (Å²) in [5, 5.41) is 3.00. The third-order valence-corrected chi connectivity index (χ3v) is 5.01. The Morgan fingerprint density at radius 2 is 1.89 bits per heavy atom. The predicted octanol–water partition coefficient (Wildman–Crippen LogP) is 3.82. The second kappa shape index (κ2) is 8.33. The number of carbonyl (C=O) groups is 2. The fourth-order valence-corrected chi connectivity index (χ4v) is 3.47. The van der Waals surface area contributed by atoms with Gasteiger partial charge in [-0.05, 0) is 29.7 Å². The lowest BCUT2D eigenvalue weighted by Gasteiger charge is -2.20. The van der Waals surface area contributed by atoms with Gasteiger partial charge in [-0.2, -0.15) is 0 Å². The van der Waals surface area contributed by atoms with Gasteiger partial charge in [0.1, 0.15) is 11.5 Å². The third kappa shape index (κ3) is 3.96. The molecule has 28 heavy (non-hydrogen) atoms. The van der Waals surface area contributed by atoms with Crippen LogP contribution in [-0.4, -0.2) is 32.6 Å². The van der Waals surface area contributed by atoms with E-state index in [-0.39, 0.29) is 18.2 Å². The van der Waals surface area contributed by atoms with Gasteiger partial charge in [-0.3, -0.25) is 9.59 Å². The van der Waals surface area contributed by atoms with Crippen molar-refractivity contribution in [1.82, 2.24) is 0 Å². The molecule has 1 aliphatic rings. The van der Waals surface area contributed by atoms with Gasteiger partial charge in [0.2, 0.25) is 11.8 Å². The Bertz CT molecular complexity index is 879. The maximum absolute atomic E-state index is 12.8. The Morgan fingerprint density at radius 1 is 1.14 bits per heavy atom. The Morgan fingerprint density at radius 3 is 2.57 bits per heavy atom. The second-order valence-electron chi connectivity index (χ2n) is 7.17. The summed E-state index contributed by atoms with van der Waals surface area (Å²) < 4.78 is 10.7. The van der Waals surface area contributed by atoms with Crippen LogP contribution in [0.2, 0.25) is 0 Å². The van der Waals surface area contributed by atoms with Gasteiger partial charge in [-0.1, -0.05) is 32.0 Å². The van der Waals surface area contributed by atoms with Crippen LogP contribution in [0.25, 0.3) is 0 Å². The van der Waals surface area contributed by atoms with Crippen LogP contribution in [-0.2, 0) is 9.59 Å². The van der Waals surface area contributed by atoms with Crippen molar-refractivity contribution in [2.45, 2.75) is 26.2 Å². The average molecular weight is 382 g/mol. The van der Waals surface area contributed by atoms with Gasteiger partial charge in [-0.25, -0.2) is 0 Å². The molecular weight excluding hydrogens is 356 g/mol. The molecule has 6 heteroatoms. The minimum absolute atomic E-state index is 0.108. The molecular formula is C22H26N2O4. The highest BCUT2D eigenvalue weighted by Crippen LogP contribution is 2.36. The van der Waals surface area contributed by atoms with Crippen molar-refractivity contribution >= 4 is 23.2 Å². The van der Waals surface area contributed by atoms with Crippen molar-refractivity contribution in [3.63, 3.8) is 0 Å². The number of nitrogens with one attached hydrogen (secondary N) is 1. The predicted molar refractivity (Wildman–Crippen MR) is 109 cm³/mol. The minimum Gasteiger partial charge on any atom is -0.497 e. The van der Waals surface area contributed by atoms with E-state index >= 15 is 0 Å². The van der Waals surface area contributed by atoms with E-state index in [2.05, 4.69) is 19.2 Å². The number of methoxy groups -OCH3 is 2. The molecule has 0 unspecified atom stereocenters. The summed E-state index contributed by atoms with van der Waals surface area (Å²) in [5.41, 5.74) is 2.49. The highest BCUT2D eigenvalue weighted by molar-refractivity contribution is 6.04. The SMILES string of the molecule is COc1ccc(OC)c(N2C[C@@H](C(=O)Nc3ccccc3C(C)C)CC2=O)c1. The summed E-state index contributed by atoms with van der Waals surface area (Å²) >= 11 is 0. The summed E-state index contributed by atoms with van der Waals surface area (Å²) in [7, 11) is 3.12. The van der Waals surface area contributed by atoms with Crippen LogP contribution in [0.3, 0.4) is 0 Å². The standard InChI is InChI=1S/C22H26N2O4/c1-14(2)17-7-5-6-8-18(17)23-22(26)15-11-21(25)24(13-15)19-12-16(27-3)9-10-20(19)28-4/h5-10,12,14-15H,11,13H2,1-4H3,(H,23,26)/t15-/m0/s1. The zero-order chi connectivity index (χ0) is 20.3. The van der Waals surface area contributed by atoms with Gasteiger partial charge in [-0.15, -0.1) is 0 Å². The first-order valence-electron chi connectivity index (χ1n) is 9.36. The van der Waals surface area contributed by atoms with Crippen LogP contribution in [0.4, 0.5) is 11.4 Å². The van der Waals surface area contributed by atoms with E-state index in [0.717, 1.165) is 11.3 Å². The number of ether oxygens (including phenoxy) is 2. The highest BCUT2D eigenvalue weighted by atomic mass is 16.5. The number of benzene rings is 2. The molecule has 0 aliphatic carbocycles. The lowest BCUT2D eigenvalue weighted by molar-refractivity contribution is -0.122. The maximum atomic E-state index is 12.8. The van der Waals surface area contributed by atoms with E-state index in [0.29, 0.717) is 29.6 Å². The van der Waals surface area contributed by atoms with Crippen LogP contribution in [0.1, 0.15) is 31.7 Å². The second-order valence-corrected chi connectivity index (χ2v) is 7.17. The first-order chi connectivity index (χ1) is 13.4. The first kappa shape index (κ1) is 19.7. The molecule has 1 saturated heterocycles. The molecule has 0 radical (unpaired) electrons. The Kier molecular flexibility index (Phi) is 5.87. The van der Waals surface area contributed by atoms with E-state index in [1.807, 2.05) is 24.3 Å². The molecule has 0 spiro atoms. The molecule has 0 aromatic heterocycles. The molecule has 148 valence electrons. The summed E-state index contributed by atoms with van der Waals surface area (Å²) in [6.45, 7) is 4.47. The van der Waals surface area contributed by atoms with Crippen molar-refractivity contribution in [2.75, 3.05) is 31.0 Å². The van der Waals surface area contributed by atoms with E-state index in [1.54, 1.807) is 37.3 Å². The molecule has 3 rings (SSSR count). The van der Waals surface area contributed by atoms with E-state index in [1.165, 1.54) is 0 Å². The van der Waals surface area contributed by atoms with Crippen molar-refractivity contribution in [2.24, 2.45) is 5.92 Å². The molecule has 2 aromatic rings. The van der Waals surface area contributed by atoms with Crippen molar-refractivity contribution in [3.05, 3.63) is 48.0 Å². The van der Waals surface area contributed by atoms with Crippen LogP contribution >= 0.6 is 0 Å². The van der Waals surface area contributed by atoms with Crippen LogP contribution in [0.5, 0.6) is 11.5 Å². The molecule has 2 aromatic carbocycles. The molecule has 1 fully saturated rings. The molecule has 1 aliphatic heterocycles. The minimum atomic E-state index is -0.427. The Hall–Kier alpha value is -3.02. The maximum Gasteiger partial charge on any atom is 0.229 e. The number of amides is 2. The van der Waals surface area contributed by atoms with Gasteiger partial charge < -0.3 is 19.7 Å². The number of para-hydroxylation sites is 1. The summed E-state index contributed by atoms with van der Waals surface area (Å²) in [5.74, 6) is 0.806. The lowest BCUT2D eigenvalue weighted by Crippen LogP contribution is -2.28. The lowest BCUT2D eigenvalue weighted by atomic mass is 10.0. The zero-order valence-corrected chi connectivity index (χ0v) is 16.7. The molecule has 6 nitrogen and oxygen atoms in total. The summed E-state index contributed by atoms with van der Waals surface area (Å²) in [4.78, 5) is 27.1. The molecule has 0 saturated carbocycles. The molecule has 1 N–H and O–H groups in total. The highest BCUT2D eigenvalue weighted by Gasteiger charge is 2.36. The molecule has 1 heterocycles. The Balaban J connectivity index is 1.79. The number of carbonyl (C=O) groups excluding carboxylic acids is 2. The number of hydrogen-bond donors (Lipinski definition) is 1. The normalized spacial score (nSPS) is 16.4. The molecule has 2 amide bonds. The topological polar surface area (TPSA) is 67.9 Å². The van der Waals surface area contributed by atoms with Gasteiger partial charge in [0.25, 0.3) is 0 Å². The zero-order valence-electron chi connectivity index (χ0n) is 16.7. The van der Waals surface area contributed by atoms with Gasteiger partial charge in [0.05, 0.1) is 25.8 Å². The molecule has 1 atom stereocenters. The number of hydrogen-bond acceptors (Lipinski definition) is 4. The summed E-state index contributed by atoms with van der Waals surface area (Å²) in [6, 6.07) is 13.0. The van der Waals surface area contributed by atoms with Crippen LogP contribution in [0, 0.1) is 5.92 Å². The monoisotopic (exact) mass is 382 g/mol. The van der Waals surface area contributed by atoms with Crippen molar-refractivity contribution in [1.29, 1.82) is 0 Å². The van der Waals surface area contributed by atoms with Crippen molar-refractivity contribution < 1.29 is 19.1 Å². The largest absolute Gasteiger partial charge is 0.497 e. The Labute approximate surface area is 165 Å². The fraction of sp³-hybridized carbons (Fsp3) is 0.364. The first-order valence-corrected chi connectivity index (χ1v) is 9.36. The van der Waals surface area contributed by atoms with Gasteiger partial charge in [0.15, 0.2) is 0 Å². The van der Waals surface area contributed by atoms with E-state index in [9.17, 15) is 9.59 Å². The fourth-order valence-electron chi connectivity index (χ4n) is 3.47. The number of anilines is 2. The van der Waals surface area contributed by atoms with Gasteiger partial charge in [0, 0.05) is 24.7 Å². The average Bonchev–Trinajstić information content (AvgIpc) is 3.09. The smallest absolute Gasteiger partial charge is 0.229 e. The van der Waals surface area contributed by atoms with E-state index in [4.69, 9.17) is 9.47 Å². The van der Waals surface area contributed by atoms with Crippen LogP contribution in [0.15, 0.2) is 42.5 Å². The van der Waals surface area contributed by atoms with E-state index < -0.39 is 5.92 Å². The van der Waals surface area contributed by atoms with Crippen molar-refractivity contribution in [3.8, 4) is 11.5 Å². The number of rotatable bonds is 6. The quantitative estimate of drug-likeness (QED) is 0.825.